The molecule has 3 heterocycles. The summed E-state index contributed by atoms with van der Waals surface area (Å²) >= 11 is 0. The Bertz CT molecular complexity index is 1440. The highest BCUT2D eigenvalue weighted by atomic mass is 35.5. The van der Waals surface area contributed by atoms with Gasteiger partial charge in [0, 0.05) is 75.7 Å². The molecule has 0 N–H and O–H groups in total. The number of carbonyl (C=O) groups excluding carboxylic acids is 1. The minimum Gasteiger partial charge on any atom is -0.497 e. The fourth-order valence-electron chi connectivity index (χ4n) is 5.73. The quantitative estimate of drug-likeness (QED) is 0.252. The largest absolute Gasteiger partial charge is 0.497 e. The Morgan fingerprint density at radius 2 is 1.54 bits per heavy atom. The van der Waals surface area contributed by atoms with Crippen LogP contribution in [0.25, 0.3) is 0 Å². The molecule has 2 aliphatic heterocycles. The molecule has 1 amide bonds. The molecule has 254 valence electrons. The summed E-state index contributed by atoms with van der Waals surface area (Å²) in [5, 5.41) is 0. The first-order valence-electron chi connectivity index (χ1n) is 14.0. The molecule has 5 rings (SSSR count). The third kappa shape index (κ3) is 9.63. The van der Waals surface area contributed by atoms with E-state index < -0.39 is 35.4 Å². The number of amides is 1. The first kappa shape index (κ1) is 39.4. The number of hydrogen-bond acceptors (Lipinski definition) is 5. The Morgan fingerprint density at radius 3 is 2.20 bits per heavy atom. The molecule has 1 aromatic heterocycles. The van der Waals surface area contributed by atoms with Crippen LogP contribution in [0.2, 0.25) is 0 Å². The van der Waals surface area contributed by atoms with E-state index in [2.05, 4.69) is 20.9 Å². The van der Waals surface area contributed by atoms with Gasteiger partial charge in [0.25, 0.3) is 5.91 Å². The zero-order chi connectivity index (χ0) is 30.8. The Balaban J connectivity index is 0.00000245. The van der Waals surface area contributed by atoms with Gasteiger partial charge in [0.15, 0.2) is 0 Å². The number of benzene rings is 2. The number of ether oxygens (including phenoxy) is 1. The van der Waals surface area contributed by atoms with Crippen molar-refractivity contribution in [2.75, 3.05) is 46.4 Å². The van der Waals surface area contributed by atoms with E-state index in [1.807, 2.05) is 6.07 Å². The maximum Gasteiger partial charge on any atom is 0.416 e. The molecule has 0 spiro atoms. The number of nitrogens with zero attached hydrogens (tertiary/aromatic N) is 4. The summed E-state index contributed by atoms with van der Waals surface area (Å²) < 4.78 is 85.1. The summed E-state index contributed by atoms with van der Waals surface area (Å²) in [4.78, 5) is 24.2. The predicted molar refractivity (Wildman–Crippen MR) is 169 cm³/mol. The van der Waals surface area contributed by atoms with Crippen molar-refractivity contribution < 1.29 is 35.9 Å². The van der Waals surface area contributed by atoms with Crippen LogP contribution in [-0.2, 0) is 31.7 Å². The predicted octanol–water partition coefficient (Wildman–Crippen LogP) is 6.82. The number of hydrogen-bond donors (Lipinski definition) is 0. The van der Waals surface area contributed by atoms with E-state index in [1.54, 1.807) is 6.20 Å². The van der Waals surface area contributed by atoms with Gasteiger partial charge in [-0.3, -0.25) is 19.6 Å². The SMILES string of the molecule is COc1cc(C(=O)N2CCN(CCN3CCc4ncccc4C3)C[C@H]2Cc2ccc(C(F)(F)F)cc2)cc(C(F)(F)F)c1.Cl.Cl.Cl. The average molecular weight is 716 g/mol. The van der Waals surface area contributed by atoms with Gasteiger partial charge in [-0.1, -0.05) is 18.2 Å². The lowest BCUT2D eigenvalue weighted by molar-refractivity contribution is -0.138. The van der Waals surface area contributed by atoms with Crippen LogP contribution in [0.15, 0.2) is 60.8 Å². The number of carbonyl (C=O) groups is 1. The third-order valence-corrected chi connectivity index (χ3v) is 8.07. The first-order valence-corrected chi connectivity index (χ1v) is 14.0. The fraction of sp³-hybridized carbons (Fsp3) is 0.419. The Labute approximate surface area is 282 Å². The zero-order valence-electron chi connectivity index (χ0n) is 24.8. The van der Waals surface area contributed by atoms with Crippen molar-refractivity contribution in [1.29, 1.82) is 0 Å². The lowest BCUT2D eigenvalue weighted by atomic mass is 9.99. The molecule has 1 fully saturated rings. The monoisotopic (exact) mass is 714 g/mol. The minimum absolute atomic E-state index is 0. The molecule has 1 atom stereocenters. The Kier molecular flexibility index (Phi) is 14.0. The number of alkyl halides is 6. The molecule has 1 saturated heterocycles. The van der Waals surface area contributed by atoms with Crippen molar-refractivity contribution in [3.63, 3.8) is 0 Å². The summed E-state index contributed by atoms with van der Waals surface area (Å²) in [6.07, 6.45) is -6.25. The van der Waals surface area contributed by atoms with Crippen LogP contribution in [0.3, 0.4) is 0 Å². The van der Waals surface area contributed by atoms with Crippen LogP contribution in [0.4, 0.5) is 26.3 Å². The number of fused-ring (bicyclic) bond motifs is 1. The maximum absolute atomic E-state index is 13.7. The second-order valence-electron chi connectivity index (χ2n) is 10.9. The van der Waals surface area contributed by atoms with Crippen LogP contribution in [-0.4, -0.2) is 78.0 Å². The highest BCUT2D eigenvalue weighted by Crippen LogP contribution is 2.34. The topological polar surface area (TPSA) is 48.9 Å². The van der Waals surface area contributed by atoms with E-state index in [0.717, 1.165) is 56.0 Å². The van der Waals surface area contributed by atoms with Gasteiger partial charge in [0.1, 0.15) is 5.75 Å². The normalized spacial score (nSPS) is 17.2. The van der Waals surface area contributed by atoms with Crippen LogP contribution >= 0.6 is 37.2 Å². The summed E-state index contributed by atoms with van der Waals surface area (Å²) in [5.74, 6) is -0.671. The molecule has 2 aliphatic rings. The van der Waals surface area contributed by atoms with Crippen molar-refractivity contribution in [3.8, 4) is 5.75 Å². The van der Waals surface area contributed by atoms with E-state index in [9.17, 15) is 31.1 Å². The third-order valence-electron chi connectivity index (χ3n) is 8.07. The van der Waals surface area contributed by atoms with Crippen molar-refractivity contribution in [2.24, 2.45) is 0 Å². The Hall–Kier alpha value is -2.77. The highest BCUT2D eigenvalue weighted by Gasteiger charge is 2.36. The van der Waals surface area contributed by atoms with Crippen LogP contribution in [0.1, 0.15) is 38.3 Å². The van der Waals surface area contributed by atoms with Gasteiger partial charge in [-0.25, -0.2) is 0 Å². The first-order chi connectivity index (χ1) is 20.4. The standard InChI is InChI=1S/C31H32F6N4O2.3ClH/c1-43-27-17-23(16-25(18-27)31(35,36)37)29(42)41-14-13-40(12-11-39-10-8-28-22(19-39)3-2-9-38-28)20-26(41)15-21-4-6-24(7-5-21)30(32,33)34;;;/h2-7,9,16-18,26H,8,10-15,19-20H2,1H3;3*1H/t26-;;;/m1.../s1. The number of piperazine rings is 1. The maximum atomic E-state index is 13.7. The van der Waals surface area contributed by atoms with Crippen molar-refractivity contribution in [2.45, 2.75) is 37.8 Å². The van der Waals surface area contributed by atoms with Crippen LogP contribution in [0.5, 0.6) is 5.75 Å². The molecule has 0 unspecified atom stereocenters. The second-order valence-corrected chi connectivity index (χ2v) is 10.9. The average Bonchev–Trinajstić information content (AvgIpc) is 2.99. The summed E-state index contributed by atoms with van der Waals surface area (Å²) in [6, 6.07) is 11.2. The van der Waals surface area contributed by atoms with E-state index >= 15 is 0 Å². The van der Waals surface area contributed by atoms with E-state index in [4.69, 9.17) is 4.74 Å². The number of aromatic nitrogens is 1. The van der Waals surface area contributed by atoms with Gasteiger partial charge < -0.3 is 9.64 Å². The number of halogens is 9. The zero-order valence-corrected chi connectivity index (χ0v) is 27.3. The summed E-state index contributed by atoms with van der Waals surface area (Å²) in [5.41, 5.74) is 0.974. The molecule has 0 aliphatic carbocycles. The van der Waals surface area contributed by atoms with Gasteiger partial charge in [0.05, 0.1) is 18.2 Å². The molecular weight excluding hydrogens is 681 g/mol. The van der Waals surface area contributed by atoms with Gasteiger partial charge in [0.2, 0.25) is 0 Å². The van der Waals surface area contributed by atoms with E-state index in [1.165, 1.54) is 35.8 Å². The van der Waals surface area contributed by atoms with Crippen LogP contribution in [0, 0.1) is 0 Å². The number of pyridine rings is 1. The minimum atomic E-state index is -4.67. The van der Waals surface area contributed by atoms with Crippen molar-refractivity contribution >= 4 is 43.1 Å². The lowest BCUT2D eigenvalue weighted by Gasteiger charge is -2.42. The second kappa shape index (κ2) is 16.4. The lowest BCUT2D eigenvalue weighted by Crippen LogP contribution is -2.57. The molecular formula is C31H35Cl3F6N4O2. The highest BCUT2D eigenvalue weighted by molar-refractivity contribution is 5.95. The van der Waals surface area contributed by atoms with Gasteiger partial charge in [-0.2, -0.15) is 26.3 Å². The van der Waals surface area contributed by atoms with Crippen LogP contribution < -0.4 is 4.74 Å². The molecule has 3 aromatic rings. The molecule has 6 nitrogen and oxygen atoms in total. The molecule has 15 heteroatoms. The summed E-state index contributed by atoms with van der Waals surface area (Å²) in [6.45, 7) is 4.34. The number of rotatable bonds is 7. The van der Waals surface area contributed by atoms with Gasteiger partial charge >= 0.3 is 12.4 Å². The van der Waals surface area contributed by atoms with Gasteiger partial charge in [-0.05, 0) is 53.9 Å². The molecule has 46 heavy (non-hydrogen) atoms. The number of methoxy groups -OCH3 is 1. The smallest absolute Gasteiger partial charge is 0.416 e. The molecule has 0 bridgehead atoms. The van der Waals surface area contributed by atoms with Gasteiger partial charge in [-0.15, -0.1) is 37.2 Å². The molecule has 0 saturated carbocycles. The van der Waals surface area contributed by atoms with Crippen molar-refractivity contribution in [1.82, 2.24) is 19.7 Å². The Morgan fingerprint density at radius 1 is 0.870 bits per heavy atom. The fourth-order valence-corrected chi connectivity index (χ4v) is 5.73. The van der Waals surface area contributed by atoms with Crippen molar-refractivity contribution in [3.05, 3.63) is 94.3 Å². The van der Waals surface area contributed by atoms with E-state index in [-0.39, 0.29) is 61.5 Å². The molecule has 0 radical (unpaired) electrons. The summed E-state index contributed by atoms with van der Waals surface area (Å²) in [7, 11) is 1.23. The van der Waals surface area contributed by atoms with E-state index in [0.29, 0.717) is 25.2 Å². The molecule has 2 aromatic carbocycles.